The molecule has 0 aliphatic carbocycles. The van der Waals surface area contributed by atoms with E-state index in [2.05, 4.69) is 15.8 Å². The lowest BCUT2D eigenvalue weighted by Gasteiger charge is -2.23. The van der Waals surface area contributed by atoms with Gasteiger partial charge in [-0.1, -0.05) is 29.4 Å². The van der Waals surface area contributed by atoms with Gasteiger partial charge < -0.3 is 34.3 Å². The molecule has 4 heterocycles. The topological polar surface area (TPSA) is 132 Å². The number of hydrogen-bond donors (Lipinski definition) is 2. The summed E-state index contributed by atoms with van der Waals surface area (Å²) in [6.07, 6.45) is -0.527. The molecule has 0 spiro atoms. The van der Waals surface area contributed by atoms with Gasteiger partial charge in [0.25, 0.3) is 11.8 Å². The highest BCUT2D eigenvalue weighted by Gasteiger charge is 2.38. The van der Waals surface area contributed by atoms with Crippen LogP contribution in [0.1, 0.15) is 32.9 Å². The lowest BCUT2D eigenvalue weighted by Crippen LogP contribution is -2.45. The first-order chi connectivity index (χ1) is 21.7. The summed E-state index contributed by atoms with van der Waals surface area (Å²) in [5.74, 6) is 1.18. The van der Waals surface area contributed by atoms with Crippen molar-refractivity contribution in [1.82, 2.24) is 20.7 Å². The Hall–Kier alpha value is -5.32. The molecule has 1 fully saturated rings. The molecule has 1 aromatic heterocycles. The number of likely N-dealkylation sites (tertiary alicyclic amines) is 1. The number of hydrogen-bond acceptors (Lipinski definition) is 8. The van der Waals surface area contributed by atoms with Crippen molar-refractivity contribution < 1.29 is 33.1 Å². The molecule has 45 heavy (non-hydrogen) atoms. The lowest BCUT2D eigenvalue weighted by atomic mass is 9.97. The van der Waals surface area contributed by atoms with E-state index in [0.717, 1.165) is 22.3 Å². The average Bonchev–Trinajstić information content (AvgIpc) is 3.64. The van der Waals surface area contributed by atoms with E-state index in [-0.39, 0.29) is 50.4 Å². The summed E-state index contributed by atoms with van der Waals surface area (Å²) in [6.45, 7) is 4.35. The zero-order valence-electron chi connectivity index (χ0n) is 25.3. The monoisotopic (exact) mass is 610 g/mol. The molecular formula is C34H34N4O7. The predicted molar refractivity (Wildman–Crippen MR) is 164 cm³/mol. The highest BCUT2D eigenvalue weighted by Crippen LogP contribution is 2.32. The molecule has 232 valence electrons. The molecule has 3 aromatic carbocycles. The van der Waals surface area contributed by atoms with E-state index in [1.54, 1.807) is 42.2 Å². The van der Waals surface area contributed by atoms with Crippen molar-refractivity contribution in [2.24, 2.45) is 0 Å². The van der Waals surface area contributed by atoms with Gasteiger partial charge in [-0.3, -0.25) is 14.4 Å². The molecule has 1 saturated heterocycles. The first kappa shape index (κ1) is 29.7. The zero-order chi connectivity index (χ0) is 31.5. The molecule has 3 aliphatic heterocycles. The van der Waals surface area contributed by atoms with Crippen LogP contribution in [0.15, 0.2) is 71.3 Å². The lowest BCUT2D eigenvalue weighted by molar-refractivity contribution is -0.130. The molecule has 2 atom stereocenters. The number of carbonyl (C=O) groups excluding carboxylic acids is 3. The van der Waals surface area contributed by atoms with Crippen molar-refractivity contribution in [3.63, 3.8) is 0 Å². The first-order valence-corrected chi connectivity index (χ1v) is 14.7. The van der Waals surface area contributed by atoms with Crippen LogP contribution < -0.4 is 24.8 Å². The molecule has 3 aliphatic rings. The van der Waals surface area contributed by atoms with Gasteiger partial charge in [-0.15, -0.1) is 0 Å². The fourth-order valence-electron chi connectivity index (χ4n) is 5.56. The second-order valence-corrected chi connectivity index (χ2v) is 11.3. The summed E-state index contributed by atoms with van der Waals surface area (Å²) in [4.78, 5) is 41.2. The zero-order valence-corrected chi connectivity index (χ0v) is 25.3. The molecule has 7 rings (SSSR count). The summed E-state index contributed by atoms with van der Waals surface area (Å²) in [5.41, 5.74) is 4.63. The standard InChI is InChI=1S/C34H34N4O7/c1-20-7-9-24-14-27(20)23-5-4-6-25(13-23)43-19-32(39)35-16-22-8-10-29(30(12-22)42-3)44-31-18-38(17-28(31)36-34(24)41)33(40)15-26-11-21(2)37-45-26/h4-14,28,31H,15-19H2,1-3H3,(H,35,39)(H,36,41)/t28-,31-/m0/s1. The number of nitrogens with one attached hydrogen (secondary N) is 2. The van der Waals surface area contributed by atoms with Crippen LogP contribution in [-0.4, -0.2) is 66.7 Å². The molecule has 2 N–H and O–H groups in total. The SMILES string of the molecule is COc1cc2ccc1O[C@H]1CN(C(=O)Cc3cc(C)no3)C[C@@H]1NC(=O)c1ccc(C)c(c1)-c1cccc(c1)OCC(=O)NC2. The van der Waals surface area contributed by atoms with Gasteiger partial charge in [0.2, 0.25) is 5.91 Å². The Bertz CT molecular complexity index is 1750. The summed E-state index contributed by atoms with van der Waals surface area (Å²) >= 11 is 0. The van der Waals surface area contributed by atoms with Crippen molar-refractivity contribution in [2.75, 3.05) is 26.8 Å². The van der Waals surface area contributed by atoms with Gasteiger partial charge in [0.05, 0.1) is 31.8 Å². The van der Waals surface area contributed by atoms with E-state index in [4.69, 9.17) is 18.7 Å². The van der Waals surface area contributed by atoms with E-state index in [9.17, 15) is 14.4 Å². The molecule has 0 saturated carbocycles. The number of methoxy groups -OCH3 is 1. The third-order valence-corrected chi connectivity index (χ3v) is 7.95. The Labute approximate surface area is 260 Å². The maximum absolute atomic E-state index is 13.7. The van der Waals surface area contributed by atoms with Gasteiger partial charge in [-0.05, 0) is 72.5 Å². The van der Waals surface area contributed by atoms with Crippen LogP contribution in [0.4, 0.5) is 0 Å². The normalized spacial score (nSPS) is 18.2. The molecule has 0 radical (unpaired) electrons. The quantitative estimate of drug-likeness (QED) is 0.360. The molecule has 11 heteroatoms. The minimum Gasteiger partial charge on any atom is -0.493 e. The second kappa shape index (κ2) is 12.7. The van der Waals surface area contributed by atoms with Crippen LogP contribution in [0, 0.1) is 13.8 Å². The van der Waals surface area contributed by atoms with E-state index < -0.39 is 12.1 Å². The Kier molecular flexibility index (Phi) is 8.41. The van der Waals surface area contributed by atoms with Crippen molar-refractivity contribution in [3.05, 3.63) is 94.9 Å². The molecule has 6 bridgehead atoms. The van der Waals surface area contributed by atoms with E-state index in [0.29, 0.717) is 34.3 Å². The van der Waals surface area contributed by atoms with Crippen molar-refractivity contribution in [3.8, 4) is 28.4 Å². The molecule has 11 nitrogen and oxygen atoms in total. The van der Waals surface area contributed by atoms with Gasteiger partial charge in [-0.2, -0.15) is 0 Å². The minimum absolute atomic E-state index is 0.0437. The smallest absolute Gasteiger partial charge is 0.258 e. The fraction of sp³-hybridized carbons (Fsp3) is 0.294. The average molecular weight is 611 g/mol. The van der Waals surface area contributed by atoms with Gasteiger partial charge in [0.1, 0.15) is 17.6 Å². The van der Waals surface area contributed by atoms with Crippen LogP contribution in [0.25, 0.3) is 11.1 Å². The fourth-order valence-corrected chi connectivity index (χ4v) is 5.56. The first-order valence-electron chi connectivity index (χ1n) is 14.7. The third kappa shape index (κ3) is 6.77. The highest BCUT2D eigenvalue weighted by atomic mass is 16.5. The number of nitrogens with zero attached hydrogens (tertiary/aromatic N) is 2. The van der Waals surface area contributed by atoms with Crippen LogP contribution in [0.5, 0.6) is 17.2 Å². The van der Waals surface area contributed by atoms with E-state index >= 15 is 0 Å². The summed E-state index contributed by atoms with van der Waals surface area (Å²) in [5, 5.41) is 9.86. The molecule has 0 unspecified atom stereocenters. The summed E-state index contributed by atoms with van der Waals surface area (Å²) in [7, 11) is 1.53. The molecule has 3 amide bonds. The van der Waals surface area contributed by atoms with Gasteiger partial charge in [0.15, 0.2) is 18.1 Å². The number of amides is 3. The van der Waals surface area contributed by atoms with Crippen LogP contribution >= 0.6 is 0 Å². The summed E-state index contributed by atoms with van der Waals surface area (Å²) in [6, 6.07) is 19.5. The van der Waals surface area contributed by atoms with Crippen molar-refractivity contribution in [1.29, 1.82) is 0 Å². The molecular weight excluding hydrogens is 576 g/mol. The third-order valence-electron chi connectivity index (χ3n) is 7.95. The number of carbonyl (C=O) groups is 3. The highest BCUT2D eigenvalue weighted by molar-refractivity contribution is 5.96. The van der Waals surface area contributed by atoms with E-state index in [1.807, 2.05) is 43.3 Å². The largest absolute Gasteiger partial charge is 0.493 e. The van der Waals surface area contributed by atoms with Gasteiger partial charge >= 0.3 is 0 Å². The number of ether oxygens (including phenoxy) is 3. The maximum atomic E-state index is 13.7. The predicted octanol–water partition coefficient (Wildman–Crippen LogP) is 3.61. The van der Waals surface area contributed by atoms with E-state index in [1.165, 1.54) is 7.11 Å². The number of benzene rings is 3. The Morgan fingerprint density at radius 1 is 1.02 bits per heavy atom. The number of aromatic nitrogens is 1. The minimum atomic E-state index is -0.571. The van der Waals surface area contributed by atoms with Crippen molar-refractivity contribution in [2.45, 2.75) is 39.0 Å². The number of rotatable bonds is 3. The Morgan fingerprint density at radius 3 is 2.69 bits per heavy atom. The summed E-state index contributed by atoms with van der Waals surface area (Å²) < 4.78 is 23.1. The van der Waals surface area contributed by atoms with Crippen molar-refractivity contribution >= 4 is 17.7 Å². The van der Waals surface area contributed by atoms with Gasteiger partial charge in [-0.25, -0.2) is 0 Å². The van der Waals surface area contributed by atoms with Crippen LogP contribution in [0.2, 0.25) is 0 Å². The Balaban J connectivity index is 1.33. The molecule has 4 aromatic rings. The van der Waals surface area contributed by atoms with Crippen LogP contribution in [0.3, 0.4) is 0 Å². The van der Waals surface area contributed by atoms with Crippen LogP contribution in [-0.2, 0) is 22.6 Å². The number of aryl methyl sites for hydroxylation is 2. The Morgan fingerprint density at radius 2 is 1.89 bits per heavy atom. The maximum Gasteiger partial charge on any atom is 0.258 e. The number of fused-ring (bicyclic) bond motifs is 7. The second-order valence-electron chi connectivity index (χ2n) is 11.3. The van der Waals surface area contributed by atoms with Gasteiger partial charge in [0, 0.05) is 24.7 Å².